The maximum absolute atomic E-state index is 11.2. The van der Waals surface area contributed by atoms with E-state index in [4.69, 9.17) is 21.4 Å². The molecule has 8 rings (SSSR count). The minimum absolute atomic E-state index is 0.144. The number of hydrogen-bond acceptors (Lipinski definition) is 4. The summed E-state index contributed by atoms with van der Waals surface area (Å²) < 4.78 is 6.39. The average molecular weight is 1490 g/mol. The van der Waals surface area contributed by atoms with Crippen molar-refractivity contribution in [2.75, 3.05) is 13.7 Å². The van der Waals surface area contributed by atoms with Gasteiger partial charge in [-0.05, 0) is 249 Å². The van der Waals surface area contributed by atoms with Crippen LogP contribution in [0.2, 0.25) is 5.02 Å². The Labute approximate surface area is 646 Å². The van der Waals surface area contributed by atoms with Gasteiger partial charge in [0.1, 0.15) is 12.4 Å². The monoisotopic (exact) mass is 1490 g/mol. The van der Waals surface area contributed by atoms with Crippen molar-refractivity contribution in [2.45, 2.75) is 334 Å². The van der Waals surface area contributed by atoms with Crippen molar-refractivity contribution in [3.63, 3.8) is 0 Å². The number of carbonyl (C=O) groups excluding carboxylic acids is 2. The van der Waals surface area contributed by atoms with E-state index < -0.39 is 6.61 Å². The van der Waals surface area contributed by atoms with Gasteiger partial charge in [-0.1, -0.05) is 331 Å². The van der Waals surface area contributed by atoms with Crippen molar-refractivity contribution < 1.29 is 19.4 Å². The number of methoxy groups -OCH3 is 1. The van der Waals surface area contributed by atoms with Crippen LogP contribution < -0.4 is 4.74 Å². The number of halogens is 2. The second-order valence-electron chi connectivity index (χ2n) is 24.4. The van der Waals surface area contributed by atoms with E-state index in [1.807, 2.05) is 145 Å². The molecule has 0 saturated carbocycles. The SMILES string of the molecule is CC.CC.CC.CC.CC.CC.CC.CCC(C)c1ccc(C)c(C)c1.CCC(C)c1ccc(Cl)cc1.CCC(C)c1ccc(OC)c(C)c1.CCC(C)c1cccc(Br)c1.CCC(C)c1cccc(C(=O)CO)c1.CCC(C)c1cccc(C(C)=O)c1.CCC(C)c1cccc2c1CCCC2. The van der Waals surface area contributed by atoms with Crippen molar-refractivity contribution in [2.24, 2.45) is 0 Å². The fourth-order valence-corrected chi connectivity index (χ4v) is 10.5. The molecular formula is C96H156BrClO4. The standard InChI is InChI=1S/C14H20.C12H16O2.C12H18O.C12H16O.C12H18.C10H13Br.C10H13Cl.7C2H6/c1-3-11(2)13-10-6-8-12-7-4-5-9-14(12)13;1-3-9(2)10-5-4-6-11(7-10)12(14)8-13;1-5-9(2)11-6-7-12(13-4)10(3)8-11;1-4-9(2)11-6-5-7-12(8-11)10(3)13;1-5-9(2)12-7-6-10(3)11(4)8-12;1-3-8(2)9-5-4-6-10(11)7-9;1-3-8(2)9-4-6-10(11)7-5-9;7*1-2/h6,8,10-11H,3-5,7,9H2,1-2H3;4-7,9,13H,3,8H2,1-2H3;6-9H,5H2,1-4H3;5-9H,4H2,1-3H3;6-9H,5H2,1-4H3;2*4-8H,3H2,1-2H3;7*1-2H3. The zero-order chi connectivity index (χ0) is 79.9. The summed E-state index contributed by atoms with van der Waals surface area (Å²) in [4.78, 5) is 22.3. The van der Waals surface area contributed by atoms with Crippen LogP contribution in [0.25, 0.3) is 0 Å². The highest BCUT2D eigenvalue weighted by Crippen LogP contribution is 2.31. The van der Waals surface area contributed by atoms with Gasteiger partial charge in [0.15, 0.2) is 11.6 Å². The molecule has 0 aliphatic heterocycles. The zero-order valence-corrected chi connectivity index (χ0v) is 74.2. The third kappa shape index (κ3) is 44.9. The smallest absolute Gasteiger partial charge is 0.188 e. The van der Waals surface area contributed by atoms with E-state index in [-0.39, 0.29) is 11.6 Å². The van der Waals surface area contributed by atoms with Gasteiger partial charge in [0, 0.05) is 20.6 Å². The molecule has 0 amide bonds. The molecule has 0 aromatic heterocycles. The van der Waals surface area contributed by atoms with Crippen LogP contribution in [-0.2, 0) is 12.8 Å². The van der Waals surface area contributed by atoms with Gasteiger partial charge in [0.05, 0.1) is 7.11 Å². The van der Waals surface area contributed by atoms with E-state index in [0.29, 0.717) is 41.1 Å². The second-order valence-corrected chi connectivity index (χ2v) is 25.8. The first-order chi connectivity index (χ1) is 49.0. The summed E-state index contributed by atoms with van der Waals surface area (Å²) in [6, 6.07) is 52.1. The average Bonchev–Trinajstić information content (AvgIpc) is 0.820. The lowest BCUT2D eigenvalue weighted by molar-refractivity contribution is 0.0903. The third-order valence-electron chi connectivity index (χ3n) is 18.0. The summed E-state index contributed by atoms with van der Waals surface area (Å²) in [7, 11) is 1.71. The van der Waals surface area contributed by atoms with Gasteiger partial charge in [-0.2, -0.15) is 0 Å². The van der Waals surface area contributed by atoms with E-state index in [0.717, 1.165) is 40.7 Å². The van der Waals surface area contributed by atoms with Gasteiger partial charge < -0.3 is 9.84 Å². The highest BCUT2D eigenvalue weighted by Gasteiger charge is 2.16. The first kappa shape index (κ1) is 107. The number of Topliss-reactive ketones (excluding diaryl/α,β-unsaturated/α-hetero) is 2. The minimum atomic E-state index is -0.413. The Balaban J connectivity index is -0.000000256. The Morgan fingerprint density at radius 3 is 1.16 bits per heavy atom. The molecule has 0 fully saturated rings. The first-order valence-corrected chi connectivity index (χ1v) is 41.3. The molecule has 1 N–H and O–H groups in total. The molecular weight excluding hydrogens is 1330 g/mol. The summed E-state index contributed by atoms with van der Waals surface area (Å²) in [5.41, 5.74) is 18.4. The van der Waals surface area contributed by atoms with Crippen LogP contribution in [0.3, 0.4) is 0 Å². The van der Waals surface area contributed by atoms with Gasteiger partial charge in [-0.25, -0.2) is 0 Å². The summed E-state index contributed by atoms with van der Waals surface area (Å²) in [6.45, 7) is 66.7. The Morgan fingerprint density at radius 2 is 0.765 bits per heavy atom. The normalized spacial score (nSPS) is 12.1. The largest absolute Gasteiger partial charge is 0.496 e. The molecule has 1 aliphatic rings. The molecule has 4 nitrogen and oxygen atoms in total. The first-order valence-electron chi connectivity index (χ1n) is 40.2. The Hall–Kier alpha value is -5.59. The Bertz CT molecular complexity index is 3090. The second kappa shape index (κ2) is 69.8. The quantitative estimate of drug-likeness (QED) is 0.0870. The van der Waals surface area contributed by atoms with Crippen molar-refractivity contribution in [1.82, 2.24) is 0 Å². The third-order valence-corrected chi connectivity index (χ3v) is 18.7. The Morgan fingerprint density at radius 1 is 0.412 bits per heavy atom. The molecule has 578 valence electrons. The van der Waals surface area contributed by atoms with Crippen molar-refractivity contribution >= 4 is 39.1 Å². The van der Waals surface area contributed by atoms with Gasteiger partial charge in [0.25, 0.3) is 0 Å². The number of rotatable bonds is 18. The molecule has 6 heteroatoms. The van der Waals surface area contributed by atoms with Crippen LogP contribution in [-0.4, -0.2) is 30.4 Å². The molecule has 7 aromatic rings. The van der Waals surface area contributed by atoms with Crippen LogP contribution in [0.4, 0.5) is 0 Å². The van der Waals surface area contributed by atoms with E-state index >= 15 is 0 Å². The molecule has 0 spiro atoms. The van der Waals surface area contributed by atoms with E-state index in [1.54, 1.807) is 36.8 Å². The molecule has 1 aliphatic carbocycles. The summed E-state index contributed by atoms with van der Waals surface area (Å²) in [5.74, 6) is 5.31. The van der Waals surface area contributed by atoms with Crippen LogP contribution >= 0.6 is 27.5 Å². The molecule has 7 unspecified atom stereocenters. The predicted molar refractivity (Wildman–Crippen MR) is 467 cm³/mol. The number of aliphatic hydroxyl groups is 1. The van der Waals surface area contributed by atoms with Crippen molar-refractivity contribution in [1.29, 1.82) is 0 Å². The number of carbonyl (C=O) groups is 2. The number of aryl methyl sites for hydroxylation is 4. The Kier molecular flexibility index (Phi) is 73.4. The fourth-order valence-electron chi connectivity index (χ4n) is 9.96. The number of ether oxygens (including phenoxy) is 1. The van der Waals surface area contributed by atoms with Gasteiger partial charge in [-0.15, -0.1) is 0 Å². The van der Waals surface area contributed by atoms with Crippen LogP contribution in [0.1, 0.15) is 387 Å². The summed E-state index contributed by atoms with van der Waals surface area (Å²) in [6.07, 6.45) is 13.6. The molecule has 102 heavy (non-hydrogen) atoms. The molecule has 7 atom stereocenters. The van der Waals surface area contributed by atoms with Crippen LogP contribution in [0, 0.1) is 20.8 Å². The van der Waals surface area contributed by atoms with Gasteiger partial charge in [-0.3, -0.25) is 9.59 Å². The number of benzene rings is 7. The topological polar surface area (TPSA) is 63.6 Å². The van der Waals surface area contributed by atoms with E-state index in [9.17, 15) is 9.59 Å². The number of aliphatic hydroxyl groups excluding tert-OH is 1. The lowest BCUT2D eigenvalue weighted by Gasteiger charge is -2.22. The number of hydrogen-bond donors (Lipinski definition) is 1. The lowest BCUT2D eigenvalue weighted by atomic mass is 9.83. The predicted octanol–water partition coefficient (Wildman–Crippen LogP) is 32.2. The fraction of sp³-hybridized carbons (Fsp3) is 0.542. The van der Waals surface area contributed by atoms with Crippen LogP contribution in [0.15, 0.2) is 156 Å². The van der Waals surface area contributed by atoms with Crippen molar-refractivity contribution in [3.05, 3.63) is 239 Å². The molecule has 0 heterocycles. The minimum Gasteiger partial charge on any atom is -0.496 e. The number of fused-ring (bicyclic) bond motifs is 1. The lowest BCUT2D eigenvalue weighted by Crippen LogP contribution is -2.07. The highest BCUT2D eigenvalue weighted by atomic mass is 79.9. The van der Waals surface area contributed by atoms with Crippen molar-refractivity contribution in [3.8, 4) is 5.75 Å². The highest BCUT2D eigenvalue weighted by molar-refractivity contribution is 9.10. The molecule has 0 bridgehead atoms. The van der Waals surface area contributed by atoms with E-state index in [1.165, 1.54) is 107 Å². The number of ketones is 2. The molecule has 0 radical (unpaired) electrons. The van der Waals surface area contributed by atoms with Crippen LogP contribution in [0.5, 0.6) is 5.75 Å². The van der Waals surface area contributed by atoms with Gasteiger partial charge in [0.2, 0.25) is 0 Å². The summed E-state index contributed by atoms with van der Waals surface area (Å²) in [5, 5.41) is 9.54. The maximum Gasteiger partial charge on any atom is 0.188 e. The molecule has 7 aromatic carbocycles. The zero-order valence-electron chi connectivity index (χ0n) is 71.9. The maximum atomic E-state index is 11.2. The summed E-state index contributed by atoms with van der Waals surface area (Å²) >= 11 is 9.22. The molecule has 0 saturated heterocycles. The van der Waals surface area contributed by atoms with Gasteiger partial charge >= 0.3 is 0 Å². The van der Waals surface area contributed by atoms with E-state index in [2.05, 4.69) is 231 Å².